The van der Waals surface area contributed by atoms with Gasteiger partial charge in [-0.05, 0) is 27.7 Å². The average molecular weight is 374 g/mol. The number of esters is 2. The molecule has 5 atom stereocenters. The van der Waals surface area contributed by atoms with E-state index < -0.39 is 48.1 Å². The molecule has 1 fully saturated rings. The highest BCUT2D eigenvalue weighted by molar-refractivity contribution is 5.82. The molecule has 0 unspecified atom stereocenters. The van der Waals surface area contributed by atoms with Gasteiger partial charge in [0.05, 0.1) is 12.0 Å². The fourth-order valence-corrected chi connectivity index (χ4v) is 2.50. The van der Waals surface area contributed by atoms with Gasteiger partial charge in [0.2, 0.25) is 0 Å². The highest BCUT2D eigenvalue weighted by atomic mass is 16.7. The van der Waals surface area contributed by atoms with Crippen molar-refractivity contribution in [3.63, 3.8) is 0 Å². The molecule has 1 aliphatic rings. The van der Waals surface area contributed by atoms with Crippen LogP contribution in [0.3, 0.4) is 0 Å². The van der Waals surface area contributed by atoms with Gasteiger partial charge < -0.3 is 28.4 Å². The van der Waals surface area contributed by atoms with Crippen LogP contribution in [0.4, 0.5) is 0 Å². The first-order valence-electron chi connectivity index (χ1n) is 8.44. The normalized spacial score (nSPS) is 29.6. The molecule has 1 saturated heterocycles. The molecule has 0 aliphatic carbocycles. The van der Waals surface area contributed by atoms with E-state index in [0.717, 1.165) is 0 Å². The summed E-state index contributed by atoms with van der Waals surface area (Å²) in [5, 5.41) is 0. The molecule has 0 aromatic heterocycles. The van der Waals surface area contributed by atoms with E-state index in [-0.39, 0.29) is 6.61 Å². The fourth-order valence-electron chi connectivity index (χ4n) is 2.50. The Hall–Kier alpha value is -1.48. The molecule has 0 saturated carbocycles. The fraction of sp³-hybridized carbons (Fsp3) is 0.778. The Morgan fingerprint density at radius 2 is 1.65 bits per heavy atom. The number of methoxy groups -OCH3 is 3. The van der Waals surface area contributed by atoms with Gasteiger partial charge in [0.15, 0.2) is 18.5 Å². The Labute approximate surface area is 154 Å². The van der Waals surface area contributed by atoms with E-state index in [4.69, 9.17) is 28.4 Å². The van der Waals surface area contributed by atoms with Gasteiger partial charge >= 0.3 is 11.9 Å². The third-order valence-corrected chi connectivity index (χ3v) is 3.84. The SMILES string of the molecule is C/C=C/C(=O)O[C@H]1[C@@H](OC(=O)C(C)(C)C)[C@@H](COC)O[C@H](OC)[C@@H]1OC. The predicted octanol–water partition coefficient (Wildman–Crippen LogP) is 1.46. The second-order valence-electron chi connectivity index (χ2n) is 6.96. The molecule has 8 heteroatoms. The summed E-state index contributed by atoms with van der Waals surface area (Å²) in [7, 11) is 4.39. The number of carbonyl (C=O) groups excluding carboxylic acids is 2. The van der Waals surface area contributed by atoms with E-state index in [2.05, 4.69) is 0 Å². The van der Waals surface area contributed by atoms with Crippen molar-refractivity contribution in [2.24, 2.45) is 5.41 Å². The van der Waals surface area contributed by atoms with Crippen LogP contribution in [-0.2, 0) is 38.0 Å². The lowest BCUT2D eigenvalue weighted by molar-refractivity contribution is -0.305. The van der Waals surface area contributed by atoms with Gasteiger partial charge in [0.25, 0.3) is 0 Å². The zero-order chi connectivity index (χ0) is 19.9. The summed E-state index contributed by atoms with van der Waals surface area (Å²) in [5.41, 5.74) is -0.740. The van der Waals surface area contributed by atoms with Crippen LogP contribution < -0.4 is 0 Å². The number of carbonyl (C=O) groups is 2. The van der Waals surface area contributed by atoms with Crippen LogP contribution >= 0.6 is 0 Å². The average Bonchev–Trinajstić information content (AvgIpc) is 2.56. The second-order valence-corrected chi connectivity index (χ2v) is 6.96. The minimum Gasteiger partial charge on any atom is -0.455 e. The van der Waals surface area contributed by atoms with Gasteiger partial charge in [-0.2, -0.15) is 0 Å². The van der Waals surface area contributed by atoms with Crippen molar-refractivity contribution in [1.29, 1.82) is 0 Å². The molecule has 0 aromatic carbocycles. The largest absolute Gasteiger partial charge is 0.455 e. The molecular weight excluding hydrogens is 344 g/mol. The molecule has 0 amide bonds. The van der Waals surface area contributed by atoms with Gasteiger partial charge in [-0.25, -0.2) is 4.79 Å². The van der Waals surface area contributed by atoms with E-state index in [1.807, 2.05) is 0 Å². The molecular formula is C18H30O8. The molecule has 150 valence electrons. The quantitative estimate of drug-likeness (QED) is 0.489. The van der Waals surface area contributed by atoms with Crippen molar-refractivity contribution in [3.05, 3.63) is 12.2 Å². The minimum atomic E-state index is -0.922. The van der Waals surface area contributed by atoms with Gasteiger partial charge in [0.1, 0.15) is 12.2 Å². The van der Waals surface area contributed by atoms with Crippen molar-refractivity contribution in [3.8, 4) is 0 Å². The summed E-state index contributed by atoms with van der Waals surface area (Å²) in [6.45, 7) is 7.02. The third-order valence-electron chi connectivity index (χ3n) is 3.84. The van der Waals surface area contributed by atoms with E-state index in [0.29, 0.717) is 0 Å². The number of allylic oxidation sites excluding steroid dienone is 1. The summed E-state index contributed by atoms with van der Waals surface area (Å²) >= 11 is 0. The van der Waals surface area contributed by atoms with Crippen molar-refractivity contribution < 1.29 is 38.0 Å². The molecule has 0 bridgehead atoms. The highest BCUT2D eigenvalue weighted by Crippen LogP contribution is 2.30. The molecule has 1 aliphatic heterocycles. The van der Waals surface area contributed by atoms with Gasteiger partial charge in [-0.3, -0.25) is 4.79 Å². The third kappa shape index (κ3) is 5.77. The van der Waals surface area contributed by atoms with Gasteiger partial charge in [-0.15, -0.1) is 0 Å². The Morgan fingerprint density at radius 3 is 2.12 bits per heavy atom. The van der Waals surface area contributed by atoms with Crippen molar-refractivity contribution in [2.75, 3.05) is 27.9 Å². The smallest absolute Gasteiger partial charge is 0.330 e. The standard InChI is InChI=1S/C18H30O8/c1-8-9-12(19)25-14-13(26-17(20)18(2,3)4)11(10-21-5)24-16(23-7)15(14)22-6/h8-9,11,13-16H,10H2,1-7H3/b9-8+/t11-,13+,14+,15-,16+/m1/s1. The van der Waals surface area contributed by atoms with Gasteiger partial charge in [0, 0.05) is 27.4 Å². The maximum atomic E-state index is 12.4. The Balaban J connectivity index is 3.21. The van der Waals surface area contributed by atoms with E-state index in [1.165, 1.54) is 27.4 Å². The zero-order valence-electron chi connectivity index (χ0n) is 16.5. The summed E-state index contributed by atoms with van der Waals surface area (Å²) in [5.74, 6) is -1.03. The molecule has 8 nitrogen and oxygen atoms in total. The number of ether oxygens (including phenoxy) is 6. The van der Waals surface area contributed by atoms with E-state index in [9.17, 15) is 9.59 Å². The first-order chi connectivity index (χ1) is 12.2. The summed E-state index contributed by atoms with van der Waals surface area (Å²) < 4.78 is 32.9. The van der Waals surface area contributed by atoms with Crippen LogP contribution in [0.15, 0.2) is 12.2 Å². The lowest BCUT2D eigenvalue weighted by Gasteiger charge is -2.44. The molecule has 0 radical (unpaired) electrons. The minimum absolute atomic E-state index is 0.121. The van der Waals surface area contributed by atoms with Gasteiger partial charge in [-0.1, -0.05) is 6.08 Å². The molecule has 1 rings (SSSR count). The lowest BCUT2D eigenvalue weighted by Crippen LogP contribution is -2.62. The van der Waals surface area contributed by atoms with Crippen LogP contribution in [0.5, 0.6) is 0 Å². The molecule has 26 heavy (non-hydrogen) atoms. The monoisotopic (exact) mass is 374 g/mol. The first kappa shape index (κ1) is 22.6. The molecule has 1 heterocycles. The van der Waals surface area contributed by atoms with E-state index in [1.54, 1.807) is 33.8 Å². The number of rotatable bonds is 7. The molecule has 0 aromatic rings. The number of hydrogen-bond donors (Lipinski definition) is 0. The summed E-state index contributed by atoms with van der Waals surface area (Å²) in [6.07, 6.45) is -1.28. The van der Waals surface area contributed by atoms with Crippen molar-refractivity contribution >= 4 is 11.9 Å². The zero-order valence-corrected chi connectivity index (χ0v) is 16.5. The second kappa shape index (κ2) is 10.0. The van der Waals surface area contributed by atoms with E-state index >= 15 is 0 Å². The molecule has 0 N–H and O–H groups in total. The highest BCUT2D eigenvalue weighted by Gasteiger charge is 2.51. The van der Waals surface area contributed by atoms with Crippen molar-refractivity contribution in [1.82, 2.24) is 0 Å². The molecule has 0 spiro atoms. The maximum absolute atomic E-state index is 12.4. The Bertz CT molecular complexity index is 496. The Morgan fingerprint density at radius 1 is 1.00 bits per heavy atom. The predicted molar refractivity (Wildman–Crippen MR) is 92.4 cm³/mol. The van der Waals surface area contributed by atoms with Crippen LogP contribution in [0.2, 0.25) is 0 Å². The van der Waals surface area contributed by atoms with Crippen molar-refractivity contribution in [2.45, 2.75) is 58.4 Å². The van der Waals surface area contributed by atoms with Crippen LogP contribution in [0.25, 0.3) is 0 Å². The summed E-state index contributed by atoms with van der Waals surface area (Å²) in [6, 6.07) is 0. The lowest BCUT2D eigenvalue weighted by atomic mass is 9.95. The van der Waals surface area contributed by atoms with Crippen LogP contribution in [0.1, 0.15) is 27.7 Å². The maximum Gasteiger partial charge on any atom is 0.330 e. The number of hydrogen-bond acceptors (Lipinski definition) is 8. The van der Waals surface area contributed by atoms with Crippen LogP contribution in [0, 0.1) is 5.41 Å². The Kier molecular flexibility index (Phi) is 8.69. The van der Waals surface area contributed by atoms with Crippen LogP contribution in [-0.4, -0.2) is 70.6 Å². The first-order valence-corrected chi connectivity index (χ1v) is 8.44. The summed E-state index contributed by atoms with van der Waals surface area (Å²) in [4.78, 5) is 24.5. The topological polar surface area (TPSA) is 89.5 Å².